The van der Waals surface area contributed by atoms with Crippen molar-refractivity contribution in [3.63, 3.8) is 0 Å². The summed E-state index contributed by atoms with van der Waals surface area (Å²) in [7, 11) is 1.80. The topological polar surface area (TPSA) is 53.8 Å². The summed E-state index contributed by atoms with van der Waals surface area (Å²) >= 11 is 0. The second kappa shape index (κ2) is 7.27. The fourth-order valence-electron chi connectivity index (χ4n) is 3.83. The Hall–Kier alpha value is -3.08. The number of likely N-dealkylation sites (N-methyl/N-ethyl adjacent to an activating group) is 1. The van der Waals surface area contributed by atoms with Gasteiger partial charge in [0.25, 0.3) is 5.91 Å². The fourth-order valence-corrected chi connectivity index (χ4v) is 3.83. The van der Waals surface area contributed by atoms with E-state index >= 15 is 0 Å². The molecule has 0 bridgehead atoms. The van der Waals surface area contributed by atoms with Crippen molar-refractivity contribution in [2.45, 2.75) is 25.4 Å². The number of carbonyl (C=O) groups excluding carboxylic acids is 2. The number of hydrogen-bond donors (Lipinski definition) is 0. The first-order chi connectivity index (χ1) is 13.1. The van der Waals surface area contributed by atoms with E-state index in [9.17, 15) is 9.59 Å². The molecular formula is C22H22N2O3. The van der Waals surface area contributed by atoms with Crippen molar-refractivity contribution < 1.29 is 14.0 Å². The average Bonchev–Trinajstić information content (AvgIpc) is 3.39. The zero-order chi connectivity index (χ0) is 18.8. The highest BCUT2D eigenvalue weighted by molar-refractivity contribution is 5.96. The number of fused-ring (bicyclic) bond motifs is 1. The lowest BCUT2D eigenvalue weighted by Crippen LogP contribution is -2.46. The molecule has 5 heteroatoms. The Kier molecular flexibility index (Phi) is 4.67. The van der Waals surface area contributed by atoms with Crippen LogP contribution in [0.4, 0.5) is 0 Å². The van der Waals surface area contributed by atoms with E-state index in [-0.39, 0.29) is 17.6 Å². The Bertz CT molecular complexity index is 959. The first-order valence-corrected chi connectivity index (χ1v) is 9.21. The molecule has 0 spiro atoms. The largest absolute Gasteiger partial charge is 0.459 e. The van der Waals surface area contributed by atoms with Gasteiger partial charge in [-0.15, -0.1) is 0 Å². The van der Waals surface area contributed by atoms with Gasteiger partial charge in [0.05, 0.1) is 6.26 Å². The van der Waals surface area contributed by atoms with Crippen molar-refractivity contribution in [1.82, 2.24) is 9.80 Å². The average molecular weight is 362 g/mol. The molecule has 0 radical (unpaired) electrons. The summed E-state index contributed by atoms with van der Waals surface area (Å²) in [4.78, 5) is 29.1. The van der Waals surface area contributed by atoms with Crippen LogP contribution < -0.4 is 0 Å². The molecule has 0 aliphatic carbocycles. The molecule has 0 N–H and O–H groups in total. The van der Waals surface area contributed by atoms with Gasteiger partial charge in [-0.1, -0.05) is 42.5 Å². The van der Waals surface area contributed by atoms with Crippen LogP contribution in [0, 0.1) is 0 Å². The van der Waals surface area contributed by atoms with Crippen LogP contribution in [0.1, 0.15) is 29.0 Å². The predicted molar refractivity (Wildman–Crippen MR) is 103 cm³/mol. The lowest BCUT2D eigenvalue weighted by atomic mass is 10.0. The Morgan fingerprint density at radius 1 is 1.11 bits per heavy atom. The quantitative estimate of drug-likeness (QED) is 0.711. The molecule has 0 saturated carbocycles. The highest BCUT2D eigenvalue weighted by Crippen LogP contribution is 2.24. The molecule has 138 valence electrons. The molecule has 1 atom stereocenters. The zero-order valence-corrected chi connectivity index (χ0v) is 15.3. The van der Waals surface area contributed by atoms with E-state index in [1.54, 1.807) is 29.0 Å². The lowest BCUT2D eigenvalue weighted by Gasteiger charge is -2.28. The molecule has 1 aliphatic rings. The van der Waals surface area contributed by atoms with Crippen LogP contribution in [0.5, 0.6) is 0 Å². The predicted octanol–water partition coefficient (Wildman–Crippen LogP) is 3.70. The molecule has 1 unspecified atom stereocenters. The summed E-state index contributed by atoms with van der Waals surface area (Å²) in [5.41, 5.74) is 1.10. The van der Waals surface area contributed by atoms with E-state index in [4.69, 9.17) is 4.42 Å². The van der Waals surface area contributed by atoms with Crippen LogP contribution in [0.2, 0.25) is 0 Å². The van der Waals surface area contributed by atoms with Gasteiger partial charge in [0.1, 0.15) is 6.04 Å². The SMILES string of the molecule is CN(Cc1cccc2ccccc12)C(=O)C1CCCN1C(=O)c1ccco1. The maximum atomic E-state index is 13.1. The van der Waals surface area contributed by atoms with E-state index in [0.29, 0.717) is 19.5 Å². The number of carbonyl (C=O) groups is 2. The van der Waals surface area contributed by atoms with Crippen LogP contribution in [-0.2, 0) is 11.3 Å². The van der Waals surface area contributed by atoms with Gasteiger partial charge in [-0.05, 0) is 41.3 Å². The third kappa shape index (κ3) is 3.33. The molecule has 1 aliphatic heterocycles. The molecule has 1 fully saturated rings. The zero-order valence-electron chi connectivity index (χ0n) is 15.3. The normalized spacial score (nSPS) is 16.6. The Morgan fingerprint density at radius 3 is 2.74 bits per heavy atom. The Balaban J connectivity index is 1.52. The first kappa shape index (κ1) is 17.3. The third-order valence-corrected chi connectivity index (χ3v) is 5.19. The lowest BCUT2D eigenvalue weighted by molar-refractivity contribution is -0.134. The van der Waals surface area contributed by atoms with Gasteiger partial charge < -0.3 is 14.2 Å². The minimum absolute atomic E-state index is 0.0275. The van der Waals surface area contributed by atoms with Crippen molar-refractivity contribution in [2.24, 2.45) is 0 Å². The molecule has 4 rings (SSSR count). The molecular weight excluding hydrogens is 340 g/mol. The van der Waals surface area contributed by atoms with Crippen molar-refractivity contribution in [3.05, 3.63) is 72.2 Å². The summed E-state index contributed by atoms with van der Waals surface area (Å²) in [5.74, 6) is 0.0427. The second-order valence-electron chi connectivity index (χ2n) is 6.97. The maximum absolute atomic E-state index is 13.1. The minimum atomic E-state index is -0.428. The minimum Gasteiger partial charge on any atom is -0.459 e. The third-order valence-electron chi connectivity index (χ3n) is 5.19. The van der Waals surface area contributed by atoms with E-state index < -0.39 is 6.04 Å². The second-order valence-corrected chi connectivity index (χ2v) is 6.97. The standard InChI is InChI=1S/C22H22N2O3/c1-23(15-17-9-4-8-16-7-2-3-10-18(16)17)21(25)19-11-5-13-24(19)22(26)20-12-6-14-27-20/h2-4,6-10,12,14,19H,5,11,13,15H2,1H3. The molecule has 1 saturated heterocycles. The molecule has 5 nitrogen and oxygen atoms in total. The number of likely N-dealkylation sites (tertiary alicyclic amines) is 1. The van der Waals surface area contributed by atoms with Gasteiger partial charge in [0.15, 0.2) is 5.76 Å². The van der Waals surface area contributed by atoms with E-state index in [2.05, 4.69) is 18.2 Å². The molecule has 1 aromatic heterocycles. The molecule has 2 heterocycles. The van der Waals surface area contributed by atoms with Crippen molar-refractivity contribution in [3.8, 4) is 0 Å². The number of rotatable bonds is 4. The monoisotopic (exact) mass is 362 g/mol. The van der Waals surface area contributed by atoms with Gasteiger partial charge in [0.2, 0.25) is 5.91 Å². The maximum Gasteiger partial charge on any atom is 0.290 e. The Morgan fingerprint density at radius 2 is 1.93 bits per heavy atom. The van der Waals surface area contributed by atoms with Gasteiger partial charge in [-0.2, -0.15) is 0 Å². The number of benzene rings is 2. The highest BCUT2D eigenvalue weighted by Gasteiger charge is 2.36. The molecule has 2 aromatic carbocycles. The smallest absolute Gasteiger partial charge is 0.290 e. The molecule has 27 heavy (non-hydrogen) atoms. The van der Waals surface area contributed by atoms with Crippen molar-refractivity contribution in [1.29, 1.82) is 0 Å². The van der Waals surface area contributed by atoms with E-state index in [0.717, 1.165) is 22.8 Å². The fraction of sp³-hybridized carbons (Fsp3) is 0.273. The van der Waals surface area contributed by atoms with Crippen LogP contribution in [-0.4, -0.2) is 41.2 Å². The van der Waals surface area contributed by atoms with Crippen LogP contribution in [0.15, 0.2) is 65.3 Å². The molecule has 2 amide bonds. The number of amides is 2. The highest BCUT2D eigenvalue weighted by atomic mass is 16.3. The first-order valence-electron chi connectivity index (χ1n) is 9.21. The van der Waals surface area contributed by atoms with Gasteiger partial charge in [-0.3, -0.25) is 9.59 Å². The van der Waals surface area contributed by atoms with Crippen LogP contribution >= 0.6 is 0 Å². The number of nitrogens with zero attached hydrogens (tertiary/aromatic N) is 2. The Labute approximate surface area is 158 Å². The van der Waals surface area contributed by atoms with Gasteiger partial charge >= 0.3 is 0 Å². The van der Waals surface area contributed by atoms with Gasteiger partial charge in [0, 0.05) is 20.1 Å². The number of furan rings is 1. The van der Waals surface area contributed by atoms with Gasteiger partial charge in [-0.25, -0.2) is 0 Å². The van der Waals surface area contributed by atoms with Crippen LogP contribution in [0.3, 0.4) is 0 Å². The summed E-state index contributed by atoms with van der Waals surface area (Å²) in [6.07, 6.45) is 2.99. The van der Waals surface area contributed by atoms with E-state index in [1.807, 2.05) is 24.3 Å². The van der Waals surface area contributed by atoms with E-state index in [1.165, 1.54) is 6.26 Å². The summed E-state index contributed by atoms with van der Waals surface area (Å²) in [5, 5.41) is 2.31. The summed E-state index contributed by atoms with van der Waals surface area (Å²) < 4.78 is 5.22. The van der Waals surface area contributed by atoms with Crippen molar-refractivity contribution in [2.75, 3.05) is 13.6 Å². The van der Waals surface area contributed by atoms with Crippen LogP contribution in [0.25, 0.3) is 10.8 Å². The number of hydrogen-bond acceptors (Lipinski definition) is 3. The van der Waals surface area contributed by atoms with Crippen molar-refractivity contribution >= 4 is 22.6 Å². The summed E-state index contributed by atoms with van der Waals surface area (Å²) in [6, 6.07) is 17.2. The molecule has 3 aromatic rings. The summed E-state index contributed by atoms with van der Waals surface area (Å²) in [6.45, 7) is 1.09.